The molecular weight excluding hydrogens is 430 g/mol. The maximum absolute atomic E-state index is 12.8. The molecule has 33 heavy (non-hydrogen) atoms. The van der Waals surface area contributed by atoms with Gasteiger partial charge in [-0.3, -0.25) is 0 Å². The second-order valence-electron chi connectivity index (χ2n) is 9.03. The van der Waals surface area contributed by atoms with Gasteiger partial charge in [-0.2, -0.15) is 0 Å². The van der Waals surface area contributed by atoms with Crippen molar-refractivity contribution in [3.8, 4) is 0 Å². The van der Waals surface area contributed by atoms with E-state index >= 15 is 0 Å². The summed E-state index contributed by atoms with van der Waals surface area (Å²) in [4.78, 5) is 36.1. The fraction of sp³-hybridized carbons (Fsp3) is 0.542. The van der Waals surface area contributed by atoms with Crippen molar-refractivity contribution in [2.45, 2.75) is 64.9 Å². The first-order chi connectivity index (χ1) is 15.5. The molecular formula is C24H33NO8. The molecule has 0 aromatic heterocycles. The quantitative estimate of drug-likeness (QED) is 0.375. The Hall–Kier alpha value is -3.07. The van der Waals surface area contributed by atoms with E-state index in [1.807, 2.05) is 30.3 Å². The van der Waals surface area contributed by atoms with Gasteiger partial charge in [0.25, 0.3) is 0 Å². The van der Waals surface area contributed by atoms with Crippen molar-refractivity contribution < 1.29 is 38.4 Å². The Morgan fingerprint density at radius 3 is 2.48 bits per heavy atom. The highest BCUT2D eigenvalue weighted by Gasteiger charge is 2.36. The molecule has 0 unspecified atom stereocenters. The maximum Gasteiger partial charge on any atom is 0.408 e. The smallest absolute Gasteiger partial charge is 0.408 e. The maximum atomic E-state index is 12.8. The standard InChI is InChI=1S/C24H33NO8/c1-15(21(26)27)12-31-20-16(2)32-22(28)19(25-23(29)33-24(3,4)5)14-30-13-18(20)11-17-9-7-6-8-10-17/h6-10,12,16,18-20H,11,13-14H2,1-5H3,(H,25,29)(H,26,27)/t16-,18-,19-,20-/m0/s1. The van der Waals surface area contributed by atoms with Gasteiger partial charge in [-0.1, -0.05) is 30.3 Å². The summed E-state index contributed by atoms with van der Waals surface area (Å²) >= 11 is 0. The molecule has 1 saturated heterocycles. The fourth-order valence-corrected chi connectivity index (χ4v) is 3.31. The summed E-state index contributed by atoms with van der Waals surface area (Å²) in [5, 5.41) is 11.6. The molecule has 1 amide bonds. The van der Waals surface area contributed by atoms with Gasteiger partial charge >= 0.3 is 18.0 Å². The predicted octanol–water partition coefficient (Wildman–Crippen LogP) is 3.07. The van der Waals surface area contributed by atoms with Crippen molar-refractivity contribution in [3.05, 3.63) is 47.7 Å². The number of carbonyl (C=O) groups excluding carboxylic acids is 2. The molecule has 0 spiro atoms. The second-order valence-corrected chi connectivity index (χ2v) is 9.03. The number of hydrogen-bond acceptors (Lipinski definition) is 7. The van der Waals surface area contributed by atoms with Crippen molar-refractivity contribution >= 4 is 18.0 Å². The van der Waals surface area contributed by atoms with Crippen molar-refractivity contribution in [2.24, 2.45) is 5.92 Å². The van der Waals surface area contributed by atoms with Crippen LogP contribution in [0.2, 0.25) is 0 Å². The number of hydrogen-bond donors (Lipinski definition) is 2. The first kappa shape index (κ1) is 26.2. The lowest BCUT2D eigenvalue weighted by molar-refractivity contribution is -0.157. The monoisotopic (exact) mass is 463 g/mol. The number of carboxylic acid groups (broad SMARTS) is 1. The molecule has 1 fully saturated rings. The van der Waals surface area contributed by atoms with Gasteiger partial charge in [0.1, 0.15) is 17.8 Å². The predicted molar refractivity (Wildman–Crippen MR) is 119 cm³/mol. The van der Waals surface area contributed by atoms with Crippen LogP contribution in [0, 0.1) is 5.92 Å². The summed E-state index contributed by atoms with van der Waals surface area (Å²) in [5.74, 6) is -2.06. The summed E-state index contributed by atoms with van der Waals surface area (Å²) in [7, 11) is 0. The second kappa shape index (κ2) is 11.7. The molecule has 4 atom stereocenters. The van der Waals surface area contributed by atoms with Gasteiger partial charge in [0.05, 0.1) is 25.0 Å². The van der Waals surface area contributed by atoms with Gasteiger partial charge < -0.3 is 29.4 Å². The highest BCUT2D eigenvalue weighted by molar-refractivity contribution is 5.85. The first-order valence-electron chi connectivity index (χ1n) is 10.8. The zero-order valence-corrected chi connectivity index (χ0v) is 19.7. The summed E-state index contributed by atoms with van der Waals surface area (Å²) in [6.07, 6.45) is -0.465. The van der Waals surface area contributed by atoms with E-state index < -0.39 is 41.9 Å². The van der Waals surface area contributed by atoms with E-state index in [9.17, 15) is 14.4 Å². The molecule has 1 aromatic rings. The fourth-order valence-electron chi connectivity index (χ4n) is 3.31. The number of rotatable bonds is 6. The molecule has 2 rings (SSSR count). The number of aliphatic carboxylic acids is 1. The Labute approximate surface area is 194 Å². The minimum absolute atomic E-state index is 0.0113. The van der Waals surface area contributed by atoms with Crippen LogP contribution in [0.15, 0.2) is 42.2 Å². The first-order valence-corrected chi connectivity index (χ1v) is 10.8. The third-order valence-corrected chi connectivity index (χ3v) is 4.90. The lowest BCUT2D eigenvalue weighted by atomic mass is 9.91. The number of alkyl carbamates (subject to hydrolysis) is 1. The number of benzene rings is 1. The number of cyclic esters (lactones) is 1. The zero-order valence-electron chi connectivity index (χ0n) is 19.7. The Balaban J connectivity index is 2.23. The van der Waals surface area contributed by atoms with Gasteiger partial charge in [0.2, 0.25) is 0 Å². The minimum Gasteiger partial charge on any atom is -0.493 e. The lowest BCUT2D eigenvalue weighted by Crippen LogP contribution is -2.47. The Morgan fingerprint density at radius 1 is 1.21 bits per heavy atom. The van der Waals surface area contributed by atoms with Crippen LogP contribution in [-0.4, -0.2) is 60.2 Å². The van der Waals surface area contributed by atoms with Gasteiger partial charge in [0, 0.05) is 5.92 Å². The molecule has 0 saturated carbocycles. The van der Waals surface area contributed by atoms with Gasteiger partial charge in [-0.25, -0.2) is 14.4 Å². The zero-order chi connectivity index (χ0) is 24.6. The van der Waals surface area contributed by atoms with Crippen molar-refractivity contribution in [1.82, 2.24) is 5.32 Å². The molecule has 1 aliphatic rings. The van der Waals surface area contributed by atoms with E-state index in [0.717, 1.165) is 11.8 Å². The number of ether oxygens (including phenoxy) is 4. The van der Waals surface area contributed by atoms with Crippen molar-refractivity contribution in [1.29, 1.82) is 0 Å². The summed E-state index contributed by atoms with van der Waals surface area (Å²) in [6, 6.07) is 8.61. The van der Waals surface area contributed by atoms with E-state index in [2.05, 4.69) is 5.32 Å². The number of carbonyl (C=O) groups is 3. The molecule has 1 aliphatic heterocycles. The van der Waals surface area contributed by atoms with E-state index in [-0.39, 0.29) is 24.7 Å². The Bertz CT molecular complexity index is 846. The number of amides is 1. The molecule has 2 N–H and O–H groups in total. The average molecular weight is 464 g/mol. The van der Waals surface area contributed by atoms with Gasteiger partial charge in [-0.05, 0) is 46.6 Å². The van der Waals surface area contributed by atoms with Crippen LogP contribution in [0.3, 0.4) is 0 Å². The molecule has 9 nitrogen and oxygen atoms in total. The number of esters is 1. The summed E-state index contributed by atoms with van der Waals surface area (Å²) in [6.45, 7) is 8.33. The summed E-state index contributed by atoms with van der Waals surface area (Å²) in [5.41, 5.74) is 0.311. The average Bonchev–Trinajstić information content (AvgIpc) is 2.75. The molecule has 0 aliphatic carbocycles. The highest BCUT2D eigenvalue weighted by atomic mass is 16.6. The third kappa shape index (κ3) is 8.76. The van der Waals surface area contributed by atoms with Crippen LogP contribution >= 0.6 is 0 Å². The molecule has 1 aromatic carbocycles. The van der Waals surface area contributed by atoms with E-state index in [1.54, 1.807) is 27.7 Å². The van der Waals surface area contributed by atoms with Gasteiger partial charge in [-0.15, -0.1) is 0 Å². The van der Waals surface area contributed by atoms with Crippen molar-refractivity contribution in [3.63, 3.8) is 0 Å². The Kier molecular flexibility index (Phi) is 9.28. The van der Waals surface area contributed by atoms with Crippen LogP contribution < -0.4 is 5.32 Å². The van der Waals surface area contributed by atoms with E-state index in [1.165, 1.54) is 6.92 Å². The van der Waals surface area contributed by atoms with E-state index in [4.69, 9.17) is 24.1 Å². The molecule has 0 bridgehead atoms. The van der Waals surface area contributed by atoms with Crippen LogP contribution in [0.25, 0.3) is 0 Å². The topological polar surface area (TPSA) is 120 Å². The van der Waals surface area contributed by atoms with Crippen LogP contribution in [0.5, 0.6) is 0 Å². The Morgan fingerprint density at radius 2 is 1.88 bits per heavy atom. The molecule has 182 valence electrons. The third-order valence-electron chi connectivity index (χ3n) is 4.90. The van der Waals surface area contributed by atoms with Crippen LogP contribution in [0.4, 0.5) is 4.79 Å². The normalized spacial score (nSPS) is 24.5. The molecule has 1 heterocycles. The van der Waals surface area contributed by atoms with Crippen molar-refractivity contribution in [2.75, 3.05) is 13.2 Å². The largest absolute Gasteiger partial charge is 0.493 e. The van der Waals surface area contributed by atoms with Crippen LogP contribution in [-0.2, 0) is 35.0 Å². The van der Waals surface area contributed by atoms with E-state index in [0.29, 0.717) is 6.42 Å². The number of carboxylic acids is 1. The lowest BCUT2D eigenvalue weighted by Gasteiger charge is -2.30. The van der Waals surface area contributed by atoms with Crippen LogP contribution in [0.1, 0.15) is 40.2 Å². The minimum atomic E-state index is -1.11. The summed E-state index contributed by atoms with van der Waals surface area (Å²) < 4.78 is 22.4. The highest BCUT2D eigenvalue weighted by Crippen LogP contribution is 2.23. The SMILES string of the molecule is CC(=CO[C@@H]1[C@@H](Cc2ccccc2)COC[C@H](NC(=O)OC(C)(C)C)C(=O)O[C@H]1C)C(=O)O. The number of nitrogens with one attached hydrogen (secondary N) is 1. The molecule has 9 heteroatoms. The molecule has 0 radical (unpaired) electrons. The van der Waals surface area contributed by atoms with Gasteiger partial charge in [0.15, 0.2) is 6.04 Å².